The number of ether oxygens (including phenoxy) is 2. The number of rotatable bonds is 4. The minimum absolute atomic E-state index is 0.0959. The minimum Gasteiger partial charge on any atom is -0.486 e. The molecule has 1 aliphatic rings. The van der Waals surface area contributed by atoms with E-state index in [1.54, 1.807) is 0 Å². The number of alkyl halides is 1. The van der Waals surface area contributed by atoms with Crippen molar-refractivity contribution in [1.82, 2.24) is 0 Å². The molecule has 3 atom stereocenters. The van der Waals surface area contributed by atoms with Crippen LogP contribution in [0.15, 0.2) is 18.2 Å². The summed E-state index contributed by atoms with van der Waals surface area (Å²) in [6, 6.07) is 5.81. The van der Waals surface area contributed by atoms with Gasteiger partial charge in [-0.15, -0.1) is 0 Å². The molecule has 0 aliphatic heterocycles. The van der Waals surface area contributed by atoms with Gasteiger partial charge in [-0.05, 0) is 31.5 Å². The summed E-state index contributed by atoms with van der Waals surface area (Å²) in [6.07, 6.45) is 1.17. The van der Waals surface area contributed by atoms with Crippen molar-refractivity contribution in [3.8, 4) is 5.75 Å². The summed E-state index contributed by atoms with van der Waals surface area (Å²) in [5.41, 5.74) is 1.15. The second-order valence-electron chi connectivity index (χ2n) is 4.26. The van der Waals surface area contributed by atoms with Crippen LogP contribution < -0.4 is 4.74 Å². The van der Waals surface area contributed by atoms with Crippen LogP contribution in [0.4, 0.5) is 0 Å². The minimum atomic E-state index is 0.0959. The molecule has 0 radical (unpaired) electrons. The second-order valence-corrected chi connectivity index (χ2v) is 5.85. The largest absolute Gasteiger partial charge is 0.486 e. The zero-order valence-corrected chi connectivity index (χ0v) is 12.3. The molecule has 4 heteroatoms. The lowest BCUT2D eigenvalue weighted by Crippen LogP contribution is -2.52. The van der Waals surface area contributed by atoms with E-state index in [-0.39, 0.29) is 12.2 Å². The van der Waals surface area contributed by atoms with Crippen molar-refractivity contribution in [3.05, 3.63) is 28.8 Å². The lowest BCUT2D eigenvalue weighted by Gasteiger charge is -2.40. The van der Waals surface area contributed by atoms with Crippen LogP contribution in [0.1, 0.15) is 18.9 Å². The summed E-state index contributed by atoms with van der Waals surface area (Å²) in [5.74, 6) is 0.751. The molecule has 3 unspecified atom stereocenters. The molecule has 17 heavy (non-hydrogen) atoms. The van der Waals surface area contributed by atoms with E-state index in [1.165, 1.54) is 0 Å². The highest BCUT2D eigenvalue weighted by molar-refractivity contribution is 9.09. The number of benzene rings is 1. The maximum atomic E-state index is 6.10. The van der Waals surface area contributed by atoms with Crippen LogP contribution in [0, 0.1) is 6.92 Å². The van der Waals surface area contributed by atoms with Crippen molar-refractivity contribution in [2.24, 2.45) is 0 Å². The molecular weight excluding hydrogens is 303 g/mol. The van der Waals surface area contributed by atoms with Crippen molar-refractivity contribution >= 4 is 27.5 Å². The van der Waals surface area contributed by atoms with Crippen LogP contribution in [0.25, 0.3) is 0 Å². The fourth-order valence-corrected chi connectivity index (χ4v) is 2.93. The molecule has 94 valence electrons. The Balaban J connectivity index is 2.03. The van der Waals surface area contributed by atoms with E-state index in [1.807, 2.05) is 32.0 Å². The Labute approximate surface area is 115 Å². The third-order valence-corrected chi connectivity index (χ3v) is 4.11. The molecule has 1 aromatic rings. The first-order valence-corrected chi connectivity index (χ1v) is 7.09. The molecule has 2 rings (SSSR count). The smallest absolute Gasteiger partial charge is 0.138 e. The maximum Gasteiger partial charge on any atom is 0.138 e. The van der Waals surface area contributed by atoms with Gasteiger partial charge in [0.15, 0.2) is 0 Å². The summed E-state index contributed by atoms with van der Waals surface area (Å²) >= 11 is 9.68. The number of hydrogen-bond donors (Lipinski definition) is 0. The molecule has 0 N–H and O–H groups in total. The molecule has 0 bridgehead atoms. The number of aryl methyl sites for hydroxylation is 1. The Bertz CT molecular complexity index is 397. The third kappa shape index (κ3) is 2.95. The van der Waals surface area contributed by atoms with Crippen LogP contribution in [0.3, 0.4) is 0 Å². The van der Waals surface area contributed by atoms with Gasteiger partial charge in [0.1, 0.15) is 18.0 Å². The molecule has 0 saturated heterocycles. The third-order valence-electron chi connectivity index (χ3n) is 2.90. The van der Waals surface area contributed by atoms with E-state index >= 15 is 0 Å². The Morgan fingerprint density at radius 2 is 2.24 bits per heavy atom. The zero-order chi connectivity index (χ0) is 12.4. The van der Waals surface area contributed by atoms with Crippen LogP contribution in [-0.4, -0.2) is 23.6 Å². The molecule has 1 saturated carbocycles. The van der Waals surface area contributed by atoms with E-state index in [2.05, 4.69) is 15.9 Å². The van der Waals surface area contributed by atoms with Crippen molar-refractivity contribution in [3.63, 3.8) is 0 Å². The Kier molecular flexibility index (Phi) is 4.34. The van der Waals surface area contributed by atoms with Crippen LogP contribution in [0.5, 0.6) is 5.75 Å². The van der Waals surface area contributed by atoms with Crippen molar-refractivity contribution in [1.29, 1.82) is 0 Å². The van der Waals surface area contributed by atoms with Gasteiger partial charge in [0.25, 0.3) is 0 Å². The molecule has 1 aliphatic carbocycles. The van der Waals surface area contributed by atoms with Crippen molar-refractivity contribution in [2.45, 2.75) is 37.3 Å². The first-order chi connectivity index (χ1) is 8.11. The molecular formula is C13H16BrClO2. The molecule has 0 spiro atoms. The Morgan fingerprint density at radius 3 is 2.88 bits per heavy atom. The summed E-state index contributed by atoms with van der Waals surface area (Å²) in [5, 5.41) is 0.656. The van der Waals surface area contributed by atoms with E-state index < -0.39 is 0 Å². The van der Waals surface area contributed by atoms with Crippen LogP contribution in [0.2, 0.25) is 5.02 Å². The average molecular weight is 320 g/mol. The maximum absolute atomic E-state index is 6.10. The van der Waals surface area contributed by atoms with Crippen LogP contribution >= 0.6 is 27.5 Å². The normalized spacial score (nSPS) is 27.6. The standard InChI is InChI=1S/C13H16BrClO2/c1-3-16-13-9(14)7-12(13)17-11-6-8(2)4-5-10(11)15/h4-6,9,12-13H,3,7H2,1-2H3. The van der Waals surface area contributed by atoms with Gasteiger partial charge in [0.05, 0.1) is 5.02 Å². The van der Waals surface area contributed by atoms with E-state index in [0.717, 1.165) is 17.7 Å². The van der Waals surface area contributed by atoms with Gasteiger partial charge in [-0.3, -0.25) is 0 Å². The second kappa shape index (κ2) is 5.59. The van der Waals surface area contributed by atoms with E-state index in [4.69, 9.17) is 21.1 Å². The van der Waals surface area contributed by atoms with Gasteiger partial charge in [-0.1, -0.05) is 33.6 Å². The summed E-state index contributed by atoms with van der Waals surface area (Å²) in [4.78, 5) is 0.385. The SMILES string of the molecule is CCOC1C(Br)CC1Oc1cc(C)ccc1Cl. The average Bonchev–Trinajstić information content (AvgIpc) is 2.30. The zero-order valence-electron chi connectivity index (χ0n) is 9.95. The highest BCUT2D eigenvalue weighted by Gasteiger charge is 2.42. The summed E-state index contributed by atoms with van der Waals surface area (Å²) in [6.45, 7) is 4.72. The molecule has 0 heterocycles. The lowest BCUT2D eigenvalue weighted by molar-refractivity contribution is -0.0723. The van der Waals surface area contributed by atoms with Gasteiger partial charge < -0.3 is 9.47 Å². The molecule has 0 amide bonds. The fourth-order valence-electron chi connectivity index (χ4n) is 1.91. The predicted molar refractivity (Wildman–Crippen MR) is 73.4 cm³/mol. The molecule has 1 fully saturated rings. The first kappa shape index (κ1) is 13.2. The fraction of sp³-hybridized carbons (Fsp3) is 0.538. The van der Waals surface area contributed by atoms with Crippen molar-refractivity contribution < 1.29 is 9.47 Å². The van der Waals surface area contributed by atoms with Crippen LogP contribution in [-0.2, 0) is 4.74 Å². The molecule has 0 aromatic heterocycles. The van der Waals surface area contributed by atoms with Gasteiger partial charge in [0, 0.05) is 17.9 Å². The predicted octanol–water partition coefficient (Wildman–Crippen LogP) is 3.97. The van der Waals surface area contributed by atoms with E-state index in [0.29, 0.717) is 16.5 Å². The van der Waals surface area contributed by atoms with E-state index in [9.17, 15) is 0 Å². The number of halogens is 2. The Morgan fingerprint density at radius 1 is 1.47 bits per heavy atom. The monoisotopic (exact) mass is 318 g/mol. The lowest BCUT2D eigenvalue weighted by atomic mass is 9.91. The summed E-state index contributed by atoms with van der Waals surface area (Å²) in [7, 11) is 0. The highest BCUT2D eigenvalue weighted by Crippen LogP contribution is 2.36. The van der Waals surface area contributed by atoms with Gasteiger partial charge in [0.2, 0.25) is 0 Å². The van der Waals surface area contributed by atoms with Gasteiger partial charge in [-0.2, -0.15) is 0 Å². The number of hydrogen-bond acceptors (Lipinski definition) is 2. The van der Waals surface area contributed by atoms with Gasteiger partial charge >= 0.3 is 0 Å². The quantitative estimate of drug-likeness (QED) is 0.782. The molecule has 1 aromatic carbocycles. The molecule has 2 nitrogen and oxygen atoms in total. The van der Waals surface area contributed by atoms with Crippen molar-refractivity contribution in [2.75, 3.05) is 6.61 Å². The first-order valence-electron chi connectivity index (χ1n) is 5.80. The van der Waals surface area contributed by atoms with Gasteiger partial charge in [-0.25, -0.2) is 0 Å². The topological polar surface area (TPSA) is 18.5 Å². The highest BCUT2D eigenvalue weighted by atomic mass is 79.9. The summed E-state index contributed by atoms with van der Waals surface area (Å²) < 4.78 is 11.5. The Hall–Kier alpha value is -0.250.